The van der Waals surface area contributed by atoms with E-state index in [0.29, 0.717) is 34.3 Å². The van der Waals surface area contributed by atoms with Crippen LogP contribution < -0.4 is 23.7 Å². The molecular formula is C24H24O6S. The Morgan fingerprint density at radius 3 is 2.10 bits per heavy atom. The highest BCUT2D eigenvalue weighted by molar-refractivity contribution is 7.13. The lowest BCUT2D eigenvalue weighted by Crippen LogP contribution is -2.03. The maximum Gasteiger partial charge on any atom is 0.204 e. The van der Waals surface area contributed by atoms with Crippen molar-refractivity contribution in [2.45, 2.75) is 0 Å². The van der Waals surface area contributed by atoms with E-state index in [-0.39, 0.29) is 5.78 Å². The Bertz CT molecular complexity index is 1090. The lowest BCUT2D eigenvalue weighted by molar-refractivity contribution is 0.104. The van der Waals surface area contributed by atoms with Crippen molar-refractivity contribution in [3.8, 4) is 39.2 Å². The SMILES string of the molecule is COc1cc(OC)c(-c2cccs2)cc1/C=C/C(=O)c1ccc(OC)c(OC)c1OC. The molecule has 0 N–H and O–H groups in total. The Morgan fingerprint density at radius 2 is 1.52 bits per heavy atom. The minimum Gasteiger partial charge on any atom is -0.496 e. The van der Waals surface area contributed by atoms with Crippen LogP contribution in [0.25, 0.3) is 16.5 Å². The summed E-state index contributed by atoms with van der Waals surface area (Å²) in [6.45, 7) is 0. The molecule has 0 aliphatic heterocycles. The number of thiophene rings is 1. The predicted molar refractivity (Wildman–Crippen MR) is 122 cm³/mol. The third kappa shape index (κ3) is 4.51. The summed E-state index contributed by atoms with van der Waals surface area (Å²) in [5.41, 5.74) is 2.04. The Morgan fingerprint density at radius 1 is 0.806 bits per heavy atom. The number of hydrogen-bond donors (Lipinski definition) is 0. The van der Waals surface area contributed by atoms with Crippen LogP contribution in [0.5, 0.6) is 28.7 Å². The third-order valence-corrected chi connectivity index (χ3v) is 5.63. The lowest BCUT2D eigenvalue weighted by atomic mass is 10.0. The molecule has 2 aromatic carbocycles. The van der Waals surface area contributed by atoms with E-state index in [1.807, 2.05) is 29.6 Å². The summed E-state index contributed by atoms with van der Waals surface area (Å²) in [7, 11) is 7.71. The second kappa shape index (κ2) is 10.0. The van der Waals surface area contributed by atoms with Gasteiger partial charge in [-0.15, -0.1) is 11.3 Å². The second-order valence-corrected chi connectivity index (χ2v) is 7.30. The van der Waals surface area contributed by atoms with Crippen molar-refractivity contribution in [2.24, 2.45) is 0 Å². The molecule has 3 rings (SSSR count). The molecule has 31 heavy (non-hydrogen) atoms. The van der Waals surface area contributed by atoms with Crippen molar-refractivity contribution in [3.05, 3.63) is 59.0 Å². The van der Waals surface area contributed by atoms with Gasteiger partial charge < -0.3 is 23.7 Å². The van der Waals surface area contributed by atoms with Crippen LogP contribution in [0.4, 0.5) is 0 Å². The molecule has 162 valence electrons. The maximum absolute atomic E-state index is 13.0. The van der Waals surface area contributed by atoms with Gasteiger partial charge in [-0.1, -0.05) is 6.07 Å². The van der Waals surface area contributed by atoms with Gasteiger partial charge in [0.1, 0.15) is 11.5 Å². The molecule has 0 unspecified atom stereocenters. The summed E-state index contributed by atoms with van der Waals surface area (Å²) < 4.78 is 27.1. The van der Waals surface area contributed by atoms with Crippen LogP contribution in [-0.2, 0) is 0 Å². The first-order valence-corrected chi connectivity index (χ1v) is 10.3. The number of ketones is 1. The van der Waals surface area contributed by atoms with E-state index in [4.69, 9.17) is 23.7 Å². The first-order chi connectivity index (χ1) is 15.1. The fourth-order valence-electron chi connectivity index (χ4n) is 3.23. The summed E-state index contributed by atoms with van der Waals surface area (Å²) in [6, 6.07) is 11.1. The molecular weight excluding hydrogens is 416 g/mol. The number of allylic oxidation sites excluding steroid dienone is 1. The zero-order valence-electron chi connectivity index (χ0n) is 18.1. The van der Waals surface area contributed by atoms with Gasteiger partial charge in [-0.05, 0) is 41.8 Å². The van der Waals surface area contributed by atoms with Gasteiger partial charge >= 0.3 is 0 Å². The highest BCUT2D eigenvalue weighted by Gasteiger charge is 2.19. The van der Waals surface area contributed by atoms with Crippen LogP contribution in [0.2, 0.25) is 0 Å². The molecule has 0 spiro atoms. The van der Waals surface area contributed by atoms with Gasteiger partial charge in [0.25, 0.3) is 0 Å². The minimum absolute atomic E-state index is 0.242. The van der Waals surface area contributed by atoms with Gasteiger partial charge in [-0.2, -0.15) is 0 Å². The van der Waals surface area contributed by atoms with E-state index in [9.17, 15) is 4.79 Å². The number of ether oxygens (including phenoxy) is 5. The lowest BCUT2D eigenvalue weighted by Gasteiger charge is -2.14. The molecule has 1 heterocycles. The third-order valence-electron chi connectivity index (χ3n) is 4.72. The predicted octanol–water partition coefficient (Wildman–Crippen LogP) is 5.35. The summed E-state index contributed by atoms with van der Waals surface area (Å²) in [5.74, 6) is 2.22. The van der Waals surface area contributed by atoms with Gasteiger partial charge in [0.2, 0.25) is 5.75 Å². The number of hydrogen-bond acceptors (Lipinski definition) is 7. The van der Waals surface area contributed by atoms with Gasteiger partial charge in [0, 0.05) is 22.1 Å². The quantitative estimate of drug-likeness (QED) is 0.330. The smallest absolute Gasteiger partial charge is 0.204 e. The van der Waals surface area contributed by atoms with Crippen molar-refractivity contribution in [3.63, 3.8) is 0 Å². The fraction of sp³-hybridized carbons (Fsp3) is 0.208. The largest absolute Gasteiger partial charge is 0.496 e. The second-order valence-electron chi connectivity index (χ2n) is 6.35. The minimum atomic E-state index is -0.242. The van der Waals surface area contributed by atoms with E-state index in [2.05, 4.69) is 0 Å². The van der Waals surface area contributed by atoms with Crippen LogP contribution in [0.15, 0.2) is 47.9 Å². The standard InChI is InChI=1S/C24H24O6S/c1-26-19-11-9-16(23(29-4)24(19)30-5)18(25)10-8-15-13-17(22-7-6-12-31-22)21(28-3)14-20(15)27-2/h6-14H,1-5H3/b10-8+. The molecule has 0 radical (unpaired) electrons. The number of rotatable bonds is 9. The fourth-order valence-corrected chi connectivity index (χ4v) is 3.98. The first-order valence-electron chi connectivity index (χ1n) is 9.39. The maximum atomic E-state index is 13.0. The van der Waals surface area contributed by atoms with Crippen LogP contribution in [-0.4, -0.2) is 41.3 Å². The number of carbonyl (C=O) groups excluding carboxylic acids is 1. The van der Waals surface area contributed by atoms with Gasteiger partial charge in [-0.3, -0.25) is 4.79 Å². The van der Waals surface area contributed by atoms with E-state index in [0.717, 1.165) is 16.0 Å². The molecule has 0 aliphatic rings. The monoisotopic (exact) mass is 440 g/mol. The van der Waals surface area contributed by atoms with Crippen LogP contribution >= 0.6 is 11.3 Å². The van der Waals surface area contributed by atoms with Gasteiger partial charge in [0.15, 0.2) is 17.3 Å². The average molecular weight is 441 g/mol. The molecule has 0 bridgehead atoms. The van der Waals surface area contributed by atoms with Crippen LogP contribution in [0.3, 0.4) is 0 Å². The summed E-state index contributed by atoms with van der Waals surface area (Å²) in [4.78, 5) is 14.0. The average Bonchev–Trinajstić information content (AvgIpc) is 3.35. The zero-order chi connectivity index (χ0) is 22.4. The van der Waals surface area contributed by atoms with Crippen molar-refractivity contribution >= 4 is 23.2 Å². The van der Waals surface area contributed by atoms with E-state index < -0.39 is 0 Å². The first kappa shape index (κ1) is 22.2. The summed E-state index contributed by atoms with van der Waals surface area (Å²) >= 11 is 1.61. The molecule has 0 amide bonds. The highest BCUT2D eigenvalue weighted by Crippen LogP contribution is 2.41. The van der Waals surface area contributed by atoms with Crippen LogP contribution in [0.1, 0.15) is 15.9 Å². The summed E-state index contributed by atoms with van der Waals surface area (Å²) in [5, 5.41) is 2.00. The van der Waals surface area contributed by atoms with Gasteiger partial charge in [0.05, 0.1) is 41.1 Å². The Labute approximate surface area is 185 Å². The Kier molecular flexibility index (Phi) is 7.20. The molecule has 0 atom stereocenters. The van der Waals surface area contributed by atoms with E-state index in [1.165, 1.54) is 27.4 Å². The molecule has 0 fully saturated rings. The van der Waals surface area contributed by atoms with Crippen molar-refractivity contribution in [1.29, 1.82) is 0 Å². The Hall–Kier alpha value is -3.45. The topological polar surface area (TPSA) is 63.2 Å². The van der Waals surface area contributed by atoms with Gasteiger partial charge in [-0.25, -0.2) is 0 Å². The molecule has 3 aromatic rings. The van der Waals surface area contributed by atoms with Crippen molar-refractivity contribution in [2.75, 3.05) is 35.5 Å². The van der Waals surface area contributed by atoms with E-state index in [1.54, 1.807) is 43.8 Å². The number of methoxy groups -OCH3 is 5. The summed E-state index contributed by atoms with van der Waals surface area (Å²) in [6.07, 6.45) is 3.19. The van der Waals surface area contributed by atoms with Crippen molar-refractivity contribution in [1.82, 2.24) is 0 Å². The molecule has 1 aromatic heterocycles. The molecule has 7 heteroatoms. The van der Waals surface area contributed by atoms with Crippen molar-refractivity contribution < 1.29 is 28.5 Å². The Balaban J connectivity index is 2.02. The molecule has 6 nitrogen and oxygen atoms in total. The molecule has 0 saturated carbocycles. The molecule has 0 saturated heterocycles. The van der Waals surface area contributed by atoms with E-state index >= 15 is 0 Å². The number of carbonyl (C=O) groups is 1. The van der Waals surface area contributed by atoms with Crippen LogP contribution in [0, 0.1) is 0 Å². The number of benzene rings is 2. The molecule has 0 aliphatic carbocycles. The zero-order valence-corrected chi connectivity index (χ0v) is 18.9. The highest BCUT2D eigenvalue weighted by atomic mass is 32.1. The normalized spacial score (nSPS) is 10.7.